The van der Waals surface area contributed by atoms with Crippen LogP contribution in [0.3, 0.4) is 0 Å². The van der Waals surface area contributed by atoms with Gasteiger partial charge in [0.05, 0.1) is 3.57 Å². The number of phenols is 1. The van der Waals surface area contributed by atoms with E-state index in [1.165, 1.54) is 16.7 Å². The number of aryl methyl sites for hydroxylation is 2. The Morgan fingerprint density at radius 3 is 2.50 bits per heavy atom. The number of hydrogen-bond acceptors (Lipinski definition) is 5. The first-order valence-electron chi connectivity index (χ1n) is 9.83. The summed E-state index contributed by atoms with van der Waals surface area (Å²) in [6, 6.07) is 5.92. The predicted molar refractivity (Wildman–Crippen MR) is 121 cm³/mol. The summed E-state index contributed by atoms with van der Waals surface area (Å²) in [5, 5.41) is 16.6. The molecular weight excluding hydrogens is 497 g/mol. The first-order chi connectivity index (χ1) is 14.3. The van der Waals surface area contributed by atoms with Crippen molar-refractivity contribution >= 4 is 34.2 Å². The van der Waals surface area contributed by atoms with Gasteiger partial charge in [-0.25, -0.2) is 4.79 Å². The van der Waals surface area contributed by atoms with Gasteiger partial charge in [0.2, 0.25) is 5.82 Å². The van der Waals surface area contributed by atoms with Crippen LogP contribution in [0.1, 0.15) is 56.8 Å². The number of H-pyrrole nitrogens is 1. The molecule has 0 radical (unpaired) electrons. The molecule has 1 aliphatic rings. The highest BCUT2D eigenvalue weighted by atomic mass is 127. The number of anilines is 1. The number of amides is 1. The number of hydrogen-bond donors (Lipinski definition) is 3. The van der Waals surface area contributed by atoms with Crippen LogP contribution in [0.4, 0.5) is 5.69 Å². The first kappa shape index (κ1) is 20.6. The molecule has 0 saturated heterocycles. The summed E-state index contributed by atoms with van der Waals surface area (Å²) in [5.74, 6) is -1.03. The summed E-state index contributed by atoms with van der Waals surface area (Å²) in [7, 11) is 0. The third-order valence-corrected chi connectivity index (χ3v) is 6.47. The number of halogens is 1. The zero-order valence-corrected chi connectivity index (χ0v) is 18.9. The van der Waals surface area contributed by atoms with Crippen LogP contribution in [0, 0.1) is 17.4 Å². The van der Waals surface area contributed by atoms with E-state index in [1.807, 2.05) is 26.0 Å². The summed E-state index contributed by atoms with van der Waals surface area (Å²) >= 11 is 2.21. The van der Waals surface area contributed by atoms with Gasteiger partial charge in [0.15, 0.2) is 0 Å². The second kappa shape index (κ2) is 8.25. The Labute approximate surface area is 187 Å². The standard InChI is InChI=1S/C22H22IN3O4/c1-11-7-14(24-21(28)20-25-22(29)30-26-20)8-12(2)17(11)9-13-10-18(23)19(27)16-6-4-3-5-15(13)16/h7-8,10,27H,3-6,9H2,1-2H3,(H,24,28)(H,25,26,29). The van der Waals surface area contributed by atoms with Gasteiger partial charge in [0.1, 0.15) is 5.75 Å². The highest BCUT2D eigenvalue weighted by Gasteiger charge is 2.21. The average molecular weight is 519 g/mol. The molecule has 0 spiro atoms. The molecule has 156 valence electrons. The monoisotopic (exact) mass is 519 g/mol. The third kappa shape index (κ3) is 4.00. The fraction of sp³-hybridized carbons (Fsp3) is 0.318. The first-order valence-corrected chi connectivity index (χ1v) is 10.9. The Kier molecular flexibility index (Phi) is 5.68. The number of fused-ring (bicyclic) bond motifs is 1. The van der Waals surface area contributed by atoms with Crippen LogP contribution in [-0.4, -0.2) is 21.2 Å². The number of aromatic amines is 1. The number of benzene rings is 2. The fourth-order valence-corrected chi connectivity index (χ4v) is 4.89. The van der Waals surface area contributed by atoms with E-state index in [-0.39, 0.29) is 5.82 Å². The molecule has 0 saturated carbocycles. The minimum absolute atomic E-state index is 0.162. The Balaban J connectivity index is 1.63. The molecule has 3 aromatic rings. The van der Waals surface area contributed by atoms with Crippen molar-refractivity contribution in [2.24, 2.45) is 0 Å². The van der Waals surface area contributed by atoms with Crippen LogP contribution < -0.4 is 11.1 Å². The molecule has 0 bridgehead atoms. The zero-order chi connectivity index (χ0) is 21.4. The quantitative estimate of drug-likeness (QED) is 0.452. The molecular formula is C22H22IN3O4. The summed E-state index contributed by atoms with van der Waals surface area (Å²) in [6.07, 6.45) is 4.97. The maximum atomic E-state index is 12.2. The molecule has 1 aromatic heterocycles. The average Bonchev–Trinajstić information content (AvgIpc) is 3.15. The van der Waals surface area contributed by atoms with E-state index < -0.39 is 11.7 Å². The lowest BCUT2D eigenvalue weighted by Gasteiger charge is -2.23. The number of carbonyl (C=O) groups excluding carboxylic acids is 1. The van der Waals surface area contributed by atoms with Crippen molar-refractivity contribution in [2.75, 3.05) is 5.32 Å². The second-order valence-corrected chi connectivity index (χ2v) is 8.86. The molecule has 1 amide bonds. The van der Waals surface area contributed by atoms with E-state index in [9.17, 15) is 14.7 Å². The Hall–Kier alpha value is -2.62. The van der Waals surface area contributed by atoms with Crippen LogP contribution in [0.15, 0.2) is 27.5 Å². The Bertz CT molecular complexity index is 1170. The van der Waals surface area contributed by atoms with E-state index in [0.717, 1.165) is 52.4 Å². The molecule has 3 N–H and O–H groups in total. The van der Waals surface area contributed by atoms with Gasteiger partial charge in [-0.05, 0) is 125 Å². The Morgan fingerprint density at radius 1 is 1.20 bits per heavy atom. The maximum absolute atomic E-state index is 12.2. The van der Waals surface area contributed by atoms with Crippen molar-refractivity contribution in [3.8, 4) is 5.75 Å². The SMILES string of the molecule is Cc1cc(NC(=O)c2noc(=O)[nH]2)cc(C)c1Cc1cc(I)c(O)c2c1CCCC2. The van der Waals surface area contributed by atoms with Crippen LogP contribution in [-0.2, 0) is 19.3 Å². The van der Waals surface area contributed by atoms with Crippen molar-refractivity contribution in [3.05, 3.63) is 71.5 Å². The number of rotatable bonds is 4. The summed E-state index contributed by atoms with van der Waals surface area (Å²) in [4.78, 5) is 25.5. The minimum atomic E-state index is -0.769. The molecule has 0 aliphatic heterocycles. The van der Waals surface area contributed by atoms with Crippen molar-refractivity contribution in [1.29, 1.82) is 0 Å². The van der Waals surface area contributed by atoms with E-state index in [4.69, 9.17) is 0 Å². The number of carbonyl (C=O) groups is 1. The highest BCUT2D eigenvalue weighted by Crippen LogP contribution is 2.37. The van der Waals surface area contributed by atoms with Gasteiger partial charge in [-0.3, -0.25) is 14.3 Å². The summed E-state index contributed by atoms with van der Waals surface area (Å²) in [6.45, 7) is 4.04. The molecule has 8 heteroatoms. The van der Waals surface area contributed by atoms with Gasteiger partial charge < -0.3 is 10.4 Å². The smallest absolute Gasteiger partial charge is 0.439 e. The molecule has 0 unspecified atom stereocenters. The van der Waals surface area contributed by atoms with Gasteiger partial charge in [-0.2, -0.15) is 0 Å². The lowest BCUT2D eigenvalue weighted by Crippen LogP contribution is -2.15. The zero-order valence-electron chi connectivity index (χ0n) is 16.8. The lowest BCUT2D eigenvalue weighted by atomic mass is 9.84. The van der Waals surface area contributed by atoms with Gasteiger partial charge in [-0.15, -0.1) is 0 Å². The van der Waals surface area contributed by atoms with Gasteiger partial charge >= 0.3 is 5.76 Å². The molecule has 1 heterocycles. The van der Waals surface area contributed by atoms with Crippen LogP contribution in [0.25, 0.3) is 0 Å². The number of aromatic hydroxyl groups is 1. The molecule has 2 aromatic carbocycles. The fourth-order valence-electron chi connectivity index (χ4n) is 4.18. The Morgan fingerprint density at radius 2 is 1.87 bits per heavy atom. The van der Waals surface area contributed by atoms with E-state index >= 15 is 0 Å². The molecule has 0 fully saturated rings. The van der Waals surface area contributed by atoms with Crippen LogP contribution in [0.2, 0.25) is 0 Å². The summed E-state index contributed by atoms with van der Waals surface area (Å²) < 4.78 is 5.27. The molecule has 1 aliphatic carbocycles. The summed E-state index contributed by atoms with van der Waals surface area (Å²) in [5.41, 5.74) is 7.60. The molecule has 4 rings (SSSR count). The molecule has 0 atom stereocenters. The van der Waals surface area contributed by atoms with Crippen LogP contribution >= 0.6 is 22.6 Å². The van der Waals surface area contributed by atoms with E-state index in [1.54, 1.807) is 0 Å². The maximum Gasteiger partial charge on any atom is 0.439 e. The van der Waals surface area contributed by atoms with Crippen molar-refractivity contribution in [1.82, 2.24) is 10.1 Å². The number of nitrogens with one attached hydrogen (secondary N) is 2. The van der Waals surface area contributed by atoms with E-state index in [0.29, 0.717) is 11.4 Å². The van der Waals surface area contributed by atoms with Crippen molar-refractivity contribution < 1.29 is 14.4 Å². The van der Waals surface area contributed by atoms with Crippen molar-refractivity contribution in [3.63, 3.8) is 0 Å². The minimum Gasteiger partial charge on any atom is -0.507 e. The third-order valence-electron chi connectivity index (χ3n) is 5.64. The second-order valence-electron chi connectivity index (χ2n) is 7.69. The highest BCUT2D eigenvalue weighted by molar-refractivity contribution is 14.1. The van der Waals surface area contributed by atoms with E-state index in [2.05, 4.69) is 48.6 Å². The normalized spacial score (nSPS) is 13.2. The number of aromatic nitrogens is 2. The molecule has 30 heavy (non-hydrogen) atoms. The lowest BCUT2D eigenvalue weighted by molar-refractivity contribution is 0.101. The van der Waals surface area contributed by atoms with Gasteiger partial charge in [-0.1, -0.05) is 0 Å². The topological polar surface area (TPSA) is 108 Å². The largest absolute Gasteiger partial charge is 0.507 e. The van der Waals surface area contributed by atoms with Crippen LogP contribution in [0.5, 0.6) is 5.75 Å². The van der Waals surface area contributed by atoms with Gasteiger partial charge in [0, 0.05) is 5.69 Å². The molecule has 7 nitrogen and oxygen atoms in total. The predicted octanol–water partition coefficient (Wildman–Crippen LogP) is 4.01. The number of nitrogens with zero attached hydrogens (tertiary/aromatic N) is 1. The van der Waals surface area contributed by atoms with Gasteiger partial charge in [0.25, 0.3) is 5.91 Å². The van der Waals surface area contributed by atoms with Crippen molar-refractivity contribution in [2.45, 2.75) is 46.0 Å². The number of phenolic OH excluding ortho intramolecular Hbond substituents is 1.